The van der Waals surface area contributed by atoms with Crippen LogP contribution in [0.1, 0.15) is 32.6 Å². The number of rotatable bonds is 7. The van der Waals surface area contributed by atoms with E-state index in [1.54, 1.807) is 0 Å². The zero-order valence-corrected chi connectivity index (χ0v) is 11.8. The van der Waals surface area contributed by atoms with Gasteiger partial charge in [0.15, 0.2) is 0 Å². The van der Waals surface area contributed by atoms with E-state index < -0.39 is 0 Å². The molecule has 3 heteroatoms. The molecule has 1 aromatic carbocycles. The quantitative estimate of drug-likeness (QED) is 0.747. The van der Waals surface area contributed by atoms with Crippen molar-refractivity contribution < 1.29 is 4.39 Å². The fourth-order valence-electron chi connectivity index (χ4n) is 2.36. The second-order valence-corrected chi connectivity index (χ2v) is 6.15. The van der Waals surface area contributed by atoms with E-state index in [0.29, 0.717) is 6.04 Å². The molecule has 2 rings (SSSR count). The van der Waals surface area contributed by atoms with Gasteiger partial charge in [-0.3, -0.25) is 0 Å². The molecule has 1 aromatic rings. The van der Waals surface area contributed by atoms with E-state index in [9.17, 15) is 4.39 Å². The summed E-state index contributed by atoms with van der Waals surface area (Å²) in [7, 11) is 0. The smallest absolute Gasteiger partial charge is 0.123 e. The number of halogens is 1. The molecule has 0 aliphatic heterocycles. The molecule has 1 saturated carbocycles. The fourth-order valence-corrected chi connectivity index (χ4v) is 3.33. The average molecular weight is 267 g/mol. The Bertz CT molecular complexity index is 348. The molecular formula is C15H22FNS. The average Bonchev–Trinajstić information content (AvgIpc) is 2.32. The highest BCUT2D eigenvalue weighted by Crippen LogP contribution is 2.31. The number of thioether (sulfide) groups is 1. The third-order valence-corrected chi connectivity index (χ3v) is 4.77. The van der Waals surface area contributed by atoms with Crippen molar-refractivity contribution in [2.24, 2.45) is 5.92 Å². The Hall–Kier alpha value is -0.540. The van der Waals surface area contributed by atoms with Gasteiger partial charge in [-0.05, 0) is 43.1 Å². The van der Waals surface area contributed by atoms with Crippen molar-refractivity contribution in [3.63, 3.8) is 0 Å². The lowest BCUT2D eigenvalue weighted by Crippen LogP contribution is -2.34. The van der Waals surface area contributed by atoms with Gasteiger partial charge in [-0.25, -0.2) is 4.39 Å². The third kappa shape index (κ3) is 4.29. The summed E-state index contributed by atoms with van der Waals surface area (Å²) in [5.41, 5.74) is 0. The van der Waals surface area contributed by atoms with Crippen LogP contribution >= 0.6 is 11.8 Å². The van der Waals surface area contributed by atoms with Gasteiger partial charge in [-0.2, -0.15) is 0 Å². The molecule has 0 aromatic heterocycles. The lowest BCUT2D eigenvalue weighted by Gasteiger charge is -2.30. The lowest BCUT2D eigenvalue weighted by molar-refractivity contribution is 0.269. The highest BCUT2D eigenvalue weighted by atomic mass is 32.2. The van der Waals surface area contributed by atoms with Crippen LogP contribution in [0.15, 0.2) is 29.2 Å². The van der Waals surface area contributed by atoms with E-state index in [0.717, 1.165) is 23.1 Å². The van der Waals surface area contributed by atoms with Gasteiger partial charge >= 0.3 is 0 Å². The minimum absolute atomic E-state index is 0.156. The van der Waals surface area contributed by atoms with Gasteiger partial charge in [0.2, 0.25) is 0 Å². The Morgan fingerprint density at radius 3 is 2.61 bits per heavy atom. The van der Waals surface area contributed by atoms with Crippen LogP contribution in [0.3, 0.4) is 0 Å². The first-order valence-electron chi connectivity index (χ1n) is 6.89. The van der Waals surface area contributed by atoms with E-state index in [2.05, 4.69) is 12.2 Å². The molecule has 1 aliphatic carbocycles. The first kappa shape index (κ1) is 13.9. The van der Waals surface area contributed by atoms with Crippen molar-refractivity contribution in [3.8, 4) is 0 Å². The molecule has 1 aliphatic rings. The predicted molar refractivity (Wildman–Crippen MR) is 76.5 cm³/mol. The molecule has 0 radical (unpaired) electrons. The van der Waals surface area contributed by atoms with Crippen molar-refractivity contribution in [3.05, 3.63) is 30.1 Å². The van der Waals surface area contributed by atoms with Crippen LogP contribution in [-0.2, 0) is 0 Å². The van der Waals surface area contributed by atoms with Gasteiger partial charge in [0.25, 0.3) is 0 Å². The molecule has 1 atom stereocenters. The van der Waals surface area contributed by atoms with E-state index in [4.69, 9.17) is 0 Å². The van der Waals surface area contributed by atoms with Crippen LogP contribution < -0.4 is 5.32 Å². The van der Waals surface area contributed by atoms with Crippen LogP contribution in [0.25, 0.3) is 0 Å². The number of hydrogen-bond acceptors (Lipinski definition) is 2. The van der Waals surface area contributed by atoms with Gasteiger partial charge in [-0.15, -0.1) is 11.8 Å². The molecule has 18 heavy (non-hydrogen) atoms. The van der Waals surface area contributed by atoms with Crippen LogP contribution in [-0.4, -0.2) is 18.3 Å². The van der Waals surface area contributed by atoms with Gasteiger partial charge < -0.3 is 5.32 Å². The Labute approximate surface area is 114 Å². The number of benzene rings is 1. The molecule has 0 bridgehead atoms. The highest BCUT2D eigenvalue weighted by Gasteiger charge is 2.21. The summed E-state index contributed by atoms with van der Waals surface area (Å²) < 4.78 is 12.8. The molecule has 100 valence electrons. The Balaban J connectivity index is 1.78. The van der Waals surface area contributed by atoms with Crippen molar-refractivity contribution in [2.75, 3.05) is 12.3 Å². The van der Waals surface area contributed by atoms with Crippen LogP contribution in [0.4, 0.5) is 4.39 Å². The van der Waals surface area contributed by atoms with Crippen LogP contribution in [0.2, 0.25) is 0 Å². The first-order chi connectivity index (χ1) is 8.78. The summed E-state index contributed by atoms with van der Waals surface area (Å²) in [4.78, 5) is 1.16. The first-order valence-corrected chi connectivity index (χ1v) is 7.88. The zero-order chi connectivity index (χ0) is 12.8. The molecule has 1 N–H and O–H groups in total. The molecule has 0 amide bonds. The molecule has 0 spiro atoms. The molecular weight excluding hydrogens is 245 g/mol. The van der Waals surface area contributed by atoms with E-state index in [1.165, 1.54) is 37.8 Å². The standard InChI is InChI=1S/C15H22FNS/c1-2-17-14(10-12-4-3-5-12)11-18-15-8-6-13(16)7-9-15/h6-9,12,14,17H,2-5,10-11H2,1H3. The maximum atomic E-state index is 12.8. The zero-order valence-electron chi connectivity index (χ0n) is 11.0. The van der Waals surface area contributed by atoms with Crippen LogP contribution in [0, 0.1) is 11.7 Å². The minimum atomic E-state index is -0.156. The maximum Gasteiger partial charge on any atom is 0.123 e. The summed E-state index contributed by atoms with van der Waals surface area (Å²) in [5.74, 6) is 1.86. The van der Waals surface area contributed by atoms with Crippen molar-refractivity contribution in [1.29, 1.82) is 0 Å². The Kier molecular flexibility index (Phi) is 5.51. The minimum Gasteiger partial charge on any atom is -0.313 e. The van der Waals surface area contributed by atoms with Gasteiger partial charge in [0.1, 0.15) is 5.82 Å². The molecule has 1 unspecified atom stereocenters. The van der Waals surface area contributed by atoms with Gasteiger partial charge in [0, 0.05) is 16.7 Å². The Morgan fingerprint density at radius 2 is 2.06 bits per heavy atom. The predicted octanol–water partition coefficient (Wildman–Crippen LogP) is 4.09. The van der Waals surface area contributed by atoms with Crippen molar-refractivity contribution in [2.45, 2.75) is 43.5 Å². The third-order valence-electron chi connectivity index (χ3n) is 3.60. The normalized spacial score (nSPS) is 17.4. The molecule has 0 saturated heterocycles. The monoisotopic (exact) mass is 267 g/mol. The number of nitrogens with one attached hydrogen (secondary N) is 1. The van der Waals surface area contributed by atoms with Crippen molar-refractivity contribution >= 4 is 11.8 Å². The van der Waals surface area contributed by atoms with Crippen LogP contribution in [0.5, 0.6) is 0 Å². The van der Waals surface area contributed by atoms with Gasteiger partial charge in [-0.1, -0.05) is 26.2 Å². The lowest BCUT2D eigenvalue weighted by atomic mass is 9.81. The van der Waals surface area contributed by atoms with Gasteiger partial charge in [0.05, 0.1) is 0 Å². The number of hydrogen-bond donors (Lipinski definition) is 1. The van der Waals surface area contributed by atoms with E-state index in [1.807, 2.05) is 23.9 Å². The molecule has 0 heterocycles. The summed E-state index contributed by atoms with van der Waals surface area (Å²) in [6.07, 6.45) is 5.52. The second kappa shape index (κ2) is 7.15. The molecule has 1 fully saturated rings. The molecule has 1 nitrogen and oxygen atoms in total. The maximum absolute atomic E-state index is 12.8. The topological polar surface area (TPSA) is 12.0 Å². The van der Waals surface area contributed by atoms with E-state index >= 15 is 0 Å². The van der Waals surface area contributed by atoms with E-state index in [-0.39, 0.29) is 5.82 Å². The SMILES string of the molecule is CCNC(CSc1ccc(F)cc1)CC1CCC1. The Morgan fingerprint density at radius 1 is 1.33 bits per heavy atom. The fraction of sp³-hybridized carbons (Fsp3) is 0.600. The van der Waals surface area contributed by atoms with Crippen molar-refractivity contribution in [1.82, 2.24) is 5.32 Å². The summed E-state index contributed by atoms with van der Waals surface area (Å²) in [6, 6.07) is 7.40. The summed E-state index contributed by atoms with van der Waals surface area (Å²) >= 11 is 1.82. The largest absolute Gasteiger partial charge is 0.313 e. The highest BCUT2D eigenvalue weighted by molar-refractivity contribution is 7.99. The summed E-state index contributed by atoms with van der Waals surface area (Å²) in [6.45, 7) is 3.19. The summed E-state index contributed by atoms with van der Waals surface area (Å²) in [5, 5.41) is 3.57. The second-order valence-electron chi connectivity index (χ2n) is 5.05.